The van der Waals surface area contributed by atoms with E-state index in [0.717, 1.165) is 0 Å². The molecule has 1 fully saturated rings. The van der Waals surface area contributed by atoms with Gasteiger partial charge in [0.05, 0.1) is 24.3 Å². The van der Waals surface area contributed by atoms with Crippen molar-refractivity contribution in [3.63, 3.8) is 0 Å². The predicted octanol–water partition coefficient (Wildman–Crippen LogP) is 0.646. The van der Waals surface area contributed by atoms with Crippen molar-refractivity contribution in [2.45, 2.75) is 11.1 Å². The van der Waals surface area contributed by atoms with Crippen molar-refractivity contribution in [2.75, 3.05) is 19.8 Å². The molecule has 1 heterocycles. The first-order valence-electron chi connectivity index (χ1n) is 5.12. The van der Waals surface area contributed by atoms with Gasteiger partial charge in [-0.2, -0.15) is 4.31 Å². The zero-order valence-electron chi connectivity index (χ0n) is 9.04. The number of halogens is 1. The van der Waals surface area contributed by atoms with Gasteiger partial charge in [0.2, 0.25) is 10.0 Å². The quantitative estimate of drug-likeness (QED) is 0.861. The number of benzene rings is 1. The molecule has 94 valence electrons. The maximum Gasteiger partial charge on any atom is 0.244 e. The molecule has 0 spiro atoms. The second-order valence-corrected chi connectivity index (χ2v) is 6.04. The van der Waals surface area contributed by atoms with E-state index in [1.807, 2.05) is 0 Å². The highest BCUT2D eigenvalue weighted by atomic mass is 35.5. The van der Waals surface area contributed by atoms with Gasteiger partial charge in [0.25, 0.3) is 0 Å². The smallest absolute Gasteiger partial charge is 0.244 e. The van der Waals surface area contributed by atoms with Crippen LogP contribution in [-0.2, 0) is 14.8 Å². The maximum atomic E-state index is 12.3. The van der Waals surface area contributed by atoms with E-state index in [4.69, 9.17) is 22.1 Å². The second kappa shape index (κ2) is 4.91. The van der Waals surface area contributed by atoms with Crippen LogP contribution in [0.3, 0.4) is 0 Å². The molecular formula is C10H13ClN2O3S. The van der Waals surface area contributed by atoms with Gasteiger partial charge in [-0.3, -0.25) is 0 Å². The summed E-state index contributed by atoms with van der Waals surface area (Å²) in [6.45, 7) is 0.847. The van der Waals surface area contributed by atoms with E-state index in [0.29, 0.717) is 11.6 Å². The first-order valence-corrected chi connectivity index (χ1v) is 6.94. The Kier molecular flexibility index (Phi) is 3.70. The van der Waals surface area contributed by atoms with E-state index in [-0.39, 0.29) is 18.0 Å². The van der Waals surface area contributed by atoms with E-state index in [1.54, 1.807) is 12.1 Å². The minimum Gasteiger partial charge on any atom is -0.377 e. The van der Waals surface area contributed by atoms with Crippen LogP contribution < -0.4 is 5.73 Å². The van der Waals surface area contributed by atoms with Crippen LogP contribution in [0.4, 0.5) is 0 Å². The molecule has 0 aliphatic carbocycles. The summed E-state index contributed by atoms with van der Waals surface area (Å²) in [4.78, 5) is 0.194. The first-order chi connectivity index (χ1) is 8.01. The highest BCUT2D eigenvalue weighted by Gasteiger charge is 2.31. The minimum absolute atomic E-state index is 0.194. The Morgan fingerprint density at radius 2 is 2.00 bits per heavy atom. The maximum absolute atomic E-state index is 12.3. The minimum atomic E-state index is -3.56. The van der Waals surface area contributed by atoms with Gasteiger partial charge < -0.3 is 10.5 Å². The lowest BCUT2D eigenvalue weighted by molar-refractivity contribution is 0.0350. The molecule has 0 radical (unpaired) electrons. The van der Waals surface area contributed by atoms with E-state index in [9.17, 15) is 8.42 Å². The second-order valence-electron chi connectivity index (χ2n) is 3.71. The fourth-order valence-electron chi connectivity index (χ4n) is 1.65. The van der Waals surface area contributed by atoms with Crippen molar-refractivity contribution < 1.29 is 13.2 Å². The molecule has 1 unspecified atom stereocenters. The number of nitrogens with two attached hydrogens (primary N) is 1. The molecule has 1 aliphatic heterocycles. The Morgan fingerprint density at radius 3 is 2.59 bits per heavy atom. The number of hydrogen-bond donors (Lipinski definition) is 1. The summed E-state index contributed by atoms with van der Waals surface area (Å²) < 4.78 is 30.9. The Morgan fingerprint density at radius 1 is 1.35 bits per heavy atom. The van der Waals surface area contributed by atoms with Crippen molar-refractivity contribution >= 4 is 21.6 Å². The van der Waals surface area contributed by atoms with Crippen LogP contribution in [0.5, 0.6) is 0 Å². The Labute approximate surface area is 105 Å². The Hall–Kier alpha value is -0.660. The lowest BCUT2D eigenvalue weighted by Crippen LogP contribution is -2.53. The molecule has 0 aromatic heterocycles. The average molecular weight is 277 g/mol. The zero-order chi connectivity index (χ0) is 12.5. The topological polar surface area (TPSA) is 72.6 Å². The molecule has 1 atom stereocenters. The summed E-state index contributed by atoms with van der Waals surface area (Å²) in [6, 6.07) is 6.03. The highest BCUT2D eigenvalue weighted by molar-refractivity contribution is 7.89. The van der Waals surface area contributed by atoms with E-state index >= 15 is 0 Å². The summed E-state index contributed by atoms with van der Waals surface area (Å²) in [5.41, 5.74) is 5.73. The fourth-order valence-corrected chi connectivity index (χ4v) is 3.26. The molecule has 0 amide bonds. The monoisotopic (exact) mass is 276 g/mol. The van der Waals surface area contributed by atoms with Gasteiger partial charge in [-0.15, -0.1) is 0 Å². The molecule has 2 rings (SSSR count). The molecule has 7 heteroatoms. The van der Waals surface area contributed by atoms with Gasteiger partial charge >= 0.3 is 0 Å². The SMILES string of the molecule is NC1COCCN1S(=O)(=O)c1ccc(Cl)cc1. The first kappa shape index (κ1) is 12.8. The number of morpholine rings is 1. The van der Waals surface area contributed by atoms with E-state index in [1.165, 1.54) is 16.4 Å². The van der Waals surface area contributed by atoms with Crippen LogP contribution in [0, 0.1) is 0 Å². The number of ether oxygens (including phenoxy) is 1. The fraction of sp³-hybridized carbons (Fsp3) is 0.400. The van der Waals surface area contributed by atoms with Crippen LogP contribution in [0.2, 0.25) is 5.02 Å². The van der Waals surface area contributed by atoms with Gasteiger partial charge in [0.15, 0.2) is 0 Å². The number of hydrogen-bond acceptors (Lipinski definition) is 4. The van der Waals surface area contributed by atoms with Crippen molar-refractivity contribution in [3.8, 4) is 0 Å². The third kappa shape index (κ3) is 2.61. The normalized spacial score (nSPS) is 22.6. The van der Waals surface area contributed by atoms with Crippen molar-refractivity contribution in [1.82, 2.24) is 4.31 Å². The van der Waals surface area contributed by atoms with Gasteiger partial charge in [-0.25, -0.2) is 8.42 Å². The molecule has 1 aromatic carbocycles. The van der Waals surface area contributed by atoms with Crippen molar-refractivity contribution in [3.05, 3.63) is 29.3 Å². The molecule has 1 aliphatic rings. The molecular weight excluding hydrogens is 264 g/mol. The van der Waals surface area contributed by atoms with Gasteiger partial charge in [0.1, 0.15) is 0 Å². The standard InChI is InChI=1S/C10H13ClN2O3S/c11-8-1-3-9(4-2-8)17(14,15)13-5-6-16-7-10(13)12/h1-4,10H,5-7,12H2. The third-order valence-corrected chi connectivity index (χ3v) is 4.73. The Bertz CT molecular complexity index is 489. The van der Waals surface area contributed by atoms with Crippen LogP contribution >= 0.6 is 11.6 Å². The summed E-state index contributed by atoms with van der Waals surface area (Å²) in [7, 11) is -3.56. The molecule has 1 aromatic rings. The number of sulfonamides is 1. The molecule has 17 heavy (non-hydrogen) atoms. The Balaban J connectivity index is 2.32. The predicted molar refractivity (Wildman–Crippen MR) is 64.1 cm³/mol. The lowest BCUT2D eigenvalue weighted by atomic mass is 10.4. The van der Waals surface area contributed by atoms with Crippen molar-refractivity contribution in [2.24, 2.45) is 5.73 Å². The zero-order valence-corrected chi connectivity index (χ0v) is 10.6. The van der Waals surface area contributed by atoms with Crippen LogP contribution in [-0.4, -0.2) is 38.6 Å². The highest BCUT2D eigenvalue weighted by Crippen LogP contribution is 2.20. The summed E-state index contributed by atoms with van der Waals surface area (Å²) in [6.07, 6.45) is -0.635. The molecule has 0 bridgehead atoms. The van der Waals surface area contributed by atoms with Crippen molar-refractivity contribution in [1.29, 1.82) is 0 Å². The van der Waals surface area contributed by atoms with Crippen LogP contribution in [0.1, 0.15) is 0 Å². The average Bonchev–Trinajstić information content (AvgIpc) is 2.30. The number of rotatable bonds is 2. The number of nitrogens with zero attached hydrogens (tertiary/aromatic N) is 1. The van der Waals surface area contributed by atoms with E-state index < -0.39 is 16.2 Å². The largest absolute Gasteiger partial charge is 0.377 e. The lowest BCUT2D eigenvalue weighted by Gasteiger charge is -2.31. The summed E-state index contributed by atoms with van der Waals surface area (Å²) in [5.74, 6) is 0. The van der Waals surface area contributed by atoms with E-state index in [2.05, 4.69) is 0 Å². The van der Waals surface area contributed by atoms with Gasteiger partial charge in [-0.1, -0.05) is 11.6 Å². The van der Waals surface area contributed by atoms with Gasteiger partial charge in [0, 0.05) is 11.6 Å². The molecule has 0 saturated carbocycles. The van der Waals surface area contributed by atoms with Crippen LogP contribution in [0.15, 0.2) is 29.2 Å². The summed E-state index contributed by atoms with van der Waals surface area (Å²) in [5, 5.41) is 0.496. The third-order valence-electron chi connectivity index (χ3n) is 2.53. The summed E-state index contributed by atoms with van der Waals surface area (Å²) >= 11 is 5.72. The molecule has 5 nitrogen and oxygen atoms in total. The molecule has 1 saturated heterocycles. The molecule has 2 N–H and O–H groups in total. The van der Waals surface area contributed by atoms with Gasteiger partial charge in [-0.05, 0) is 24.3 Å². The van der Waals surface area contributed by atoms with Crippen LogP contribution in [0.25, 0.3) is 0 Å².